The van der Waals surface area contributed by atoms with Crippen molar-refractivity contribution < 1.29 is 17.6 Å². The lowest BCUT2D eigenvalue weighted by atomic mass is 9.87. The Bertz CT molecular complexity index is 880. The quantitative estimate of drug-likeness (QED) is 0.381. The van der Waals surface area contributed by atoms with Gasteiger partial charge in [0.15, 0.2) is 0 Å². The first kappa shape index (κ1) is 23.9. The summed E-state index contributed by atoms with van der Waals surface area (Å²) in [5.41, 5.74) is 3.60. The van der Waals surface area contributed by atoms with Crippen LogP contribution in [0.5, 0.6) is 0 Å². The molecule has 1 aliphatic rings. The summed E-state index contributed by atoms with van der Waals surface area (Å²) in [7, 11) is 0. The van der Waals surface area contributed by atoms with Crippen molar-refractivity contribution in [3.63, 3.8) is 0 Å². The van der Waals surface area contributed by atoms with Crippen LogP contribution in [0.3, 0.4) is 0 Å². The minimum absolute atomic E-state index is 0.125. The largest absolute Gasteiger partial charge is 0.398 e. The van der Waals surface area contributed by atoms with E-state index in [4.69, 9.17) is 0 Å². The highest BCUT2D eigenvalue weighted by Crippen LogP contribution is 2.34. The lowest BCUT2D eigenvalue weighted by Crippen LogP contribution is -2.46. The Kier molecular flexibility index (Phi) is 7.26. The van der Waals surface area contributed by atoms with Crippen molar-refractivity contribution >= 4 is 17.4 Å². The third kappa shape index (κ3) is 6.62. The molecule has 0 bridgehead atoms. The van der Waals surface area contributed by atoms with Gasteiger partial charge in [-0.3, -0.25) is 4.90 Å². The number of nitrogens with zero attached hydrogens (tertiary/aromatic N) is 2. The molecule has 2 aromatic rings. The Morgan fingerprint density at radius 1 is 0.935 bits per heavy atom. The van der Waals surface area contributed by atoms with Gasteiger partial charge in [0.05, 0.1) is 11.4 Å². The number of aryl methyl sites for hydroxylation is 1. The SMILES string of the molecule is Cc1cc(F)c(N2CCN(Cc3ccc(C(C)(C)C)cc3)CC2)cc1SCC(F)(F)F. The molecule has 2 nitrogen and oxygen atoms in total. The number of rotatable bonds is 5. The smallest absolute Gasteiger partial charge is 0.367 e. The van der Waals surface area contributed by atoms with Crippen molar-refractivity contribution in [2.45, 2.75) is 50.7 Å². The van der Waals surface area contributed by atoms with E-state index in [0.717, 1.165) is 31.4 Å². The van der Waals surface area contributed by atoms with Crippen molar-refractivity contribution in [3.05, 3.63) is 58.9 Å². The van der Waals surface area contributed by atoms with E-state index in [0.29, 0.717) is 29.2 Å². The monoisotopic (exact) mass is 454 g/mol. The number of anilines is 1. The predicted molar refractivity (Wildman–Crippen MR) is 121 cm³/mol. The average molecular weight is 455 g/mol. The molecule has 1 heterocycles. The van der Waals surface area contributed by atoms with Crippen molar-refractivity contribution in [2.75, 3.05) is 36.8 Å². The van der Waals surface area contributed by atoms with Gasteiger partial charge in [-0.1, -0.05) is 45.0 Å². The second-order valence-electron chi connectivity index (χ2n) is 9.18. The maximum Gasteiger partial charge on any atom is 0.398 e. The molecule has 0 atom stereocenters. The second-order valence-corrected chi connectivity index (χ2v) is 10.2. The average Bonchev–Trinajstić information content (AvgIpc) is 2.67. The molecule has 0 radical (unpaired) electrons. The molecule has 3 rings (SSSR count). The van der Waals surface area contributed by atoms with E-state index in [-0.39, 0.29) is 11.2 Å². The van der Waals surface area contributed by atoms with Gasteiger partial charge < -0.3 is 4.90 Å². The molecule has 0 N–H and O–H groups in total. The Morgan fingerprint density at radius 2 is 1.55 bits per heavy atom. The zero-order valence-electron chi connectivity index (χ0n) is 18.5. The molecule has 2 aromatic carbocycles. The fourth-order valence-electron chi connectivity index (χ4n) is 3.71. The zero-order valence-corrected chi connectivity index (χ0v) is 19.3. The molecule has 0 aromatic heterocycles. The van der Waals surface area contributed by atoms with Crippen LogP contribution in [-0.2, 0) is 12.0 Å². The molecule has 1 aliphatic heterocycles. The Morgan fingerprint density at radius 3 is 2.10 bits per heavy atom. The van der Waals surface area contributed by atoms with Crippen LogP contribution in [0, 0.1) is 12.7 Å². The molecular weight excluding hydrogens is 424 g/mol. The summed E-state index contributed by atoms with van der Waals surface area (Å²) in [6.07, 6.45) is -4.25. The fraction of sp³-hybridized carbons (Fsp3) is 0.500. The topological polar surface area (TPSA) is 6.48 Å². The van der Waals surface area contributed by atoms with E-state index in [1.165, 1.54) is 17.2 Å². The summed E-state index contributed by atoms with van der Waals surface area (Å²) in [6, 6.07) is 11.6. The van der Waals surface area contributed by atoms with Gasteiger partial charge in [0.1, 0.15) is 5.82 Å². The molecule has 31 heavy (non-hydrogen) atoms. The van der Waals surface area contributed by atoms with E-state index in [1.54, 1.807) is 13.0 Å². The molecule has 0 amide bonds. The van der Waals surface area contributed by atoms with Crippen LogP contribution < -0.4 is 4.90 Å². The highest BCUT2D eigenvalue weighted by Gasteiger charge is 2.28. The summed E-state index contributed by atoms with van der Waals surface area (Å²) >= 11 is 0.717. The van der Waals surface area contributed by atoms with Gasteiger partial charge in [0.25, 0.3) is 0 Å². The summed E-state index contributed by atoms with van der Waals surface area (Å²) in [5.74, 6) is -1.35. The molecule has 0 spiro atoms. The molecule has 1 fully saturated rings. The number of hydrogen-bond donors (Lipinski definition) is 0. The van der Waals surface area contributed by atoms with Crippen molar-refractivity contribution in [3.8, 4) is 0 Å². The highest BCUT2D eigenvalue weighted by molar-refractivity contribution is 7.99. The first-order valence-electron chi connectivity index (χ1n) is 10.5. The Balaban J connectivity index is 1.61. The van der Waals surface area contributed by atoms with E-state index >= 15 is 0 Å². The van der Waals surface area contributed by atoms with Crippen LogP contribution in [0.15, 0.2) is 41.3 Å². The number of benzene rings is 2. The predicted octanol–water partition coefficient (Wildman–Crippen LogP) is 6.41. The molecule has 0 saturated carbocycles. The van der Waals surface area contributed by atoms with Gasteiger partial charge >= 0.3 is 6.18 Å². The summed E-state index contributed by atoms with van der Waals surface area (Å²) < 4.78 is 52.4. The number of alkyl halides is 3. The first-order chi connectivity index (χ1) is 14.4. The second kappa shape index (κ2) is 9.41. The Hall–Kier alpha value is -1.73. The van der Waals surface area contributed by atoms with E-state index < -0.39 is 11.9 Å². The molecule has 0 unspecified atom stereocenters. The summed E-state index contributed by atoms with van der Waals surface area (Å²) in [5, 5.41) is 0. The number of hydrogen-bond acceptors (Lipinski definition) is 3. The summed E-state index contributed by atoms with van der Waals surface area (Å²) in [6.45, 7) is 11.9. The van der Waals surface area contributed by atoms with E-state index in [1.807, 2.05) is 4.90 Å². The van der Waals surface area contributed by atoms with Crippen molar-refractivity contribution in [2.24, 2.45) is 0 Å². The van der Waals surface area contributed by atoms with Gasteiger partial charge in [-0.15, -0.1) is 11.8 Å². The zero-order chi connectivity index (χ0) is 22.8. The molecule has 170 valence electrons. The van der Waals surface area contributed by atoms with E-state index in [9.17, 15) is 17.6 Å². The third-order valence-corrected chi connectivity index (χ3v) is 6.80. The number of halogens is 4. The van der Waals surface area contributed by atoms with Crippen LogP contribution in [0.4, 0.5) is 23.2 Å². The minimum Gasteiger partial charge on any atom is -0.367 e. The van der Waals surface area contributed by atoms with Crippen LogP contribution in [0.25, 0.3) is 0 Å². The molecule has 0 aliphatic carbocycles. The molecule has 7 heteroatoms. The van der Waals surface area contributed by atoms with Gasteiger partial charge in [0.2, 0.25) is 0 Å². The van der Waals surface area contributed by atoms with Gasteiger partial charge in [-0.05, 0) is 41.2 Å². The van der Waals surface area contributed by atoms with Gasteiger partial charge in [-0.2, -0.15) is 13.2 Å². The Labute approximate surface area is 186 Å². The minimum atomic E-state index is -4.25. The molecular formula is C24H30F4N2S. The van der Waals surface area contributed by atoms with Gasteiger partial charge in [-0.25, -0.2) is 4.39 Å². The normalized spacial score (nSPS) is 16.1. The third-order valence-electron chi connectivity index (χ3n) is 5.57. The number of piperazine rings is 1. The highest BCUT2D eigenvalue weighted by atomic mass is 32.2. The van der Waals surface area contributed by atoms with Crippen molar-refractivity contribution in [1.82, 2.24) is 4.90 Å². The maximum atomic E-state index is 14.6. The van der Waals surface area contributed by atoms with Crippen LogP contribution in [-0.4, -0.2) is 43.0 Å². The van der Waals surface area contributed by atoms with Gasteiger partial charge in [0, 0.05) is 37.6 Å². The van der Waals surface area contributed by atoms with Crippen LogP contribution in [0.2, 0.25) is 0 Å². The summed E-state index contributed by atoms with van der Waals surface area (Å²) in [4.78, 5) is 4.75. The standard InChI is InChI=1S/C24H30F4N2S/c1-17-13-20(25)21(14-22(17)31-16-24(26,27)28)30-11-9-29(10-12-30)15-18-5-7-19(8-6-18)23(2,3)4/h5-8,13-14H,9-12,15-16H2,1-4H3. The lowest BCUT2D eigenvalue weighted by Gasteiger charge is -2.36. The maximum absolute atomic E-state index is 14.6. The lowest BCUT2D eigenvalue weighted by molar-refractivity contribution is -0.105. The number of thioether (sulfide) groups is 1. The van der Waals surface area contributed by atoms with Crippen LogP contribution >= 0.6 is 11.8 Å². The first-order valence-corrected chi connectivity index (χ1v) is 11.5. The van der Waals surface area contributed by atoms with Crippen LogP contribution in [0.1, 0.15) is 37.5 Å². The fourth-order valence-corrected chi connectivity index (χ4v) is 4.52. The van der Waals surface area contributed by atoms with Crippen molar-refractivity contribution in [1.29, 1.82) is 0 Å². The van der Waals surface area contributed by atoms with E-state index in [2.05, 4.69) is 49.9 Å². The molecule has 1 saturated heterocycles.